The molecular weight excluding hydrogens is 305 g/mol. The summed E-state index contributed by atoms with van der Waals surface area (Å²) in [6, 6.07) is 0. The Kier molecular flexibility index (Phi) is 7.67. The summed E-state index contributed by atoms with van der Waals surface area (Å²) in [5, 5.41) is 0. The van der Waals surface area contributed by atoms with Gasteiger partial charge in [-0.15, -0.1) is 0 Å². The lowest BCUT2D eigenvalue weighted by Gasteiger charge is -2.46. The van der Waals surface area contributed by atoms with E-state index in [0.29, 0.717) is 32.5 Å². The highest BCUT2D eigenvalue weighted by Crippen LogP contribution is 2.46. The second-order valence-corrected chi connectivity index (χ2v) is 7.01. The lowest BCUT2D eigenvalue weighted by Crippen LogP contribution is -2.55. The summed E-state index contributed by atoms with van der Waals surface area (Å²) in [7, 11) is 0. The van der Waals surface area contributed by atoms with Crippen molar-refractivity contribution in [3.05, 3.63) is 0 Å². The molecule has 0 bridgehead atoms. The number of hydrogen-bond acceptors (Lipinski definition) is 2. The molecule has 0 spiro atoms. The third-order valence-electron chi connectivity index (χ3n) is 5.27. The summed E-state index contributed by atoms with van der Waals surface area (Å²) < 4.78 is 54.6. The number of hydrogen-bond donors (Lipinski definition) is 0. The monoisotopic (exact) mass is 336 g/mol. The first-order chi connectivity index (χ1) is 11.1. The lowest BCUT2D eigenvalue weighted by atomic mass is 9.66. The van der Waals surface area contributed by atoms with Crippen molar-refractivity contribution in [1.82, 2.24) is 0 Å². The van der Waals surface area contributed by atoms with Crippen LogP contribution in [0, 0.1) is 11.8 Å². The van der Waals surface area contributed by atoms with Crippen LogP contribution < -0.4 is 0 Å². The van der Waals surface area contributed by atoms with Crippen molar-refractivity contribution >= 4 is 0 Å². The average Bonchev–Trinajstić information content (AvgIpc) is 2.55. The van der Waals surface area contributed by atoms with Gasteiger partial charge in [0.25, 0.3) is 0 Å². The molecule has 136 valence electrons. The molecule has 0 radical (unpaired) electrons. The molecule has 7 atom stereocenters. The molecule has 2 aliphatic carbocycles. The Hall–Kier alpha value is -0.290. The van der Waals surface area contributed by atoms with Gasteiger partial charge in [0.05, 0.1) is 12.2 Å². The van der Waals surface area contributed by atoms with Crippen molar-refractivity contribution in [2.45, 2.75) is 89.5 Å². The van der Waals surface area contributed by atoms with Gasteiger partial charge in [0.2, 0.25) is 0 Å². The second-order valence-electron chi connectivity index (χ2n) is 7.01. The lowest BCUT2D eigenvalue weighted by molar-refractivity contribution is -0.151. The molecule has 2 fully saturated rings. The number of ether oxygens (including phenoxy) is 2. The van der Waals surface area contributed by atoms with Crippen molar-refractivity contribution < 1.29 is 22.6 Å². The molecule has 5 heteroatoms. The normalized spacial score (nSPS) is 40.8. The zero-order valence-electron chi connectivity index (χ0n) is 14.4. The molecule has 7 unspecified atom stereocenters. The number of fused-ring (bicyclic) bond motifs is 1. The molecule has 0 N–H and O–H groups in total. The Balaban J connectivity index is 1.91. The minimum Gasteiger partial charge on any atom is -0.375 e. The molecule has 2 rings (SSSR count). The van der Waals surface area contributed by atoms with E-state index in [-0.39, 0.29) is 5.92 Å². The SMILES string of the molecule is CCCCCOC1CC2CCC(OCCC)C(F)C2C(F)C1F. The van der Waals surface area contributed by atoms with Crippen molar-refractivity contribution in [3.8, 4) is 0 Å². The smallest absolute Gasteiger partial charge is 0.157 e. The van der Waals surface area contributed by atoms with Gasteiger partial charge >= 0.3 is 0 Å². The molecular formula is C18H31F3O2. The standard InChI is InChI=1S/C18H31F3O2/c1-3-5-6-10-23-14-11-12-7-8-13(22-9-4-2)16(19)15(12)18(21)17(14)20/h12-18H,3-11H2,1-2H3. The van der Waals surface area contributed by atoms with E-state index in [9.17, 15) is 13.2 Å². The molecule has 23 heavy (non-hydrogen) atoms. The Morgan fingerprint density at radius 2 is 1.52 bits per heavy atom. The molecule has 0 aromatic carbocycles. The molecule has 0 heterocycles. The van der Waals surface area contributed by atoms with E-state index in [1.165, 1.54) is 0 Å². The zero-order chi connectivity index (χ0) is 16.8. The molecule has 2 aliphatic rings. The van der Waals surface area contributed by atoms with E-state index in [0.717, 1.165) is 25.7 Å². The minimum atomic E-state index is -1.78. The fourth-order valence-corrected chi connectivity index (χ4v) is 3.99. The molecule has 0 aromatic rings. The van der Waals surface area contributed by atoms with Crippen LogP contribution in [0.4, 0.5) is 13.2 Å². The van der Waals surface area contributed by atoms with E-state index in [2.05, 4.69) is 6.92 Å². The van der Waals surface area contributed by atoms with E-state index < -0.39 is 36.6 Å². The van der Waals surface area contributed by atoms with Crippen LogP contribution in [-0.4, -0.2) is 43.9 Å². The first-order valence-electron chi connectivity index (χ1n) is 9.25. The first-order valence-corrected chi connectivity index (χ1v) is 9.25. The van der Waals surface area contributed by atoms with Crippen molar-refractivity contribution in [3.63, 3.8) is 0 Å². The molecule has 2 saturated carbocycles. The quantitative estimate of drug-likeness (QED) is 0.593. The van der Waals surface area contributed by atoms with E-state index >= 15 is 0 Å². The molecule has 0 amide bonds. The molecule has 0 saturated heterocycles. The van der Waals surface area contributed by atoms with Crippen molar-refractivity contribution in [2.24, 2.45) is 11.8 Å². The predicted octanol–water partition coefficient (Wildman–Crippen LogP) is 4.80. The van der Waals surface area contributed by atoms with Gasteiger partial charge in [0.15, 0.2) is 6.17 Å². The van der Waals surface area contributed by atoms with Crippen molar-refractivity contribution in [1.29, 1.82) is 0 Å². The van der Waals surface area contributed by atoms with Crippen molar-refractivity contribution in [2.75, 3.05) is 13.2 Å². The zero-order valence-corrected chi connectivity index (χ0v) is 14.4. The highest BCUT2D eigenvalue weighted by Gasteiger charge is 2.53. The maximum atomic E-state index is 14.6. The third kappa shape index (κ3) is 4.62. The Bertz CT molecular complexity index is 340. The summed E-state index contributed by atoms with van der Waals surface area (Å²) in [6.45, 7) is 4.97. The van der Waals surface area contributed by atoms with Crippen LogP contribution in [0.2, 0.25) is 0 Å². The summed E-state index contributed by atoms with van der Waals surface area (Å²) in [5.74, 6) is -1.01. The fraction of sp³-hybridized carbons (Fsp3) is 1.00. The predicted molar refractivity (Wildman–Crippen MR) is 84.8 cm³/mol. The number of rotatable bonds is 8. The average molecular weight is 336 g/mol. The van der Waals surface area contributed by atoms with E-state index in [1.807, 2.05) is 6.92 Å². The summed E-state index contributed by atoms with van der Waals surface area (Å²) in [4.78, 5) is 0. The van der Waals surface area contributed by atoms with Crippen LogP contribution in [0.15, 0.2) is 0 Å². The van der Waals surface area contributed by atoms with Crippen LogP contribution in [0.1, 0.15) is 58.8 Å². The van der Waals surface area contributed by atoms with Crippen LogP contribution in [-0.2, 0) is 9.47 Å². The van der Waals surface area contributed by atoms with E-state index in [1.54, 1.807) is 0 Å². The highest BCUT2D eigenvalue weighted by molar-refractivity contribution is 5.01. The summed E-state index contributed by atoms with van der Waals surface area (Å²) >= 11 is 0. The van der Waals surface area contributed by atoms with Gasteiger partial charge in [0, 0.05) is 19.1 Å². The summed E-state index contributed by atoms with van der Waals surface area (Å²) in [6.07, 6.45) is -0.742. The van der Waals surface area contributed by atoms with Crippen LogP contribution in [0.25, 0.3) is 0 Å². The van der Waals surface area contributed by atoms with Crippen LogP contribution in [0.3, 0.4) is 0 Å². The highest BCUT2D eigenvalue weighted by atomic mass is 19.2. The van der Waals surface area contributed by atoms with Gasteiger partial charge < -0.3 is 9.47 Å². The first kappa shape index (κ1) is 19.0. The van der Waals surface area contributed by atoms with Gasteiger partial charge in [-0.2, -0.15) is 0 Å². The number of alkyl halides is 3. The summed E-state index contributed by atoms with van der Waals surface area (Å²) in [5.41, 5.74) is 0. The maximum Gasteiger partial charge on any atom is 0.157 e. The van der Waals surface area contributed by atoms with Gasteiger partial charge in [-0.05, 0) is 38.0 Å². The van der Waals surface area contributed by atoms with Gasteiger partial charge in [-0.25, -0.2) is 13.2 Å². The van der Waals surface area contributed by atoms with Crippen LogP contribution >= 0.6 is 0 Å². The third-order valence-corrected chi connectivity index (χ3v) is 5.27. The van der Waals surface area contributed by atoms with E-state index in [4.69, 9.17) is 9.47 Å². The van der Waals surface area contributed by atoms with Crippen LogP contribution in [0.5, 0.6) is 0 Å². The number of halogens is 3. The maximum absolute atomic E-state index is 14.6. The minimum absolute atomic E-state index is 0.135. The molecule has 0 aliphatic heterocycles. The fourth-order valence-electron chi connectivity index (χ4n) is 3.99. The Morgan fingerprint density at radius 3 is 2.22 bits per heavy atom. The molecule has 2 nitrogen and oxygen atoms in total. The Labute approximate surface area is 138 Å². The molecule has 0 aromatic heterocycles. The van der Waals surface area contributed by atoms with Gasteiger partial charge in [-0.3, -0.25) is 0 Å². The second kappa shape index (κ2) is 9.26. The van der Waals surface area contributed by atoms with Gasteiger partial charge in [-0.1, -0.05) is 26.7 Å². The number of unbranched alkanes of at least 4 members (excludes halogenated alkanes) is 2. The Morgan fingerprint density at radius 1 is 0.783 bits per heavy atom. The van der Waals surface area contributed by atoms with Gasteiger partial charge in [0.1, 0.15) is 12.3 Å². The largest absolute Gasteiger partial charge is 0.375 e. The topological polar surface area (TPSA) is 18.5 Å².